The fraction of sp³-hybridized carbons (Fsp3) is 0.923. The Kier molecular flexibility index (Phi) is 4.12. The van der Waals surface area contributed by atoms with Gasteiger partial charge in [0.2, 0.25) is 0 Å². The van der Waals surface area contributed by atoms with Gasteiger partial charge in [-0.05, 0) is 40.2 Å². The molecule has 0 aromatic rings. The van der Waals surface area contributed by atoms with Crippen molar-refractivity contribution >= 4 is 6.09 Å². The van der Waals surface area contributed by atoms with Crippen LogP contribution in [0.2, 0.25) is 0 Å². The number of carbonyl (C=O) groups is 1. The maximum absolute atomic E-state index is 11.5. The van der Waals surface area contributed by atoms with Gasteiger partial charge in [0.1, 0.15) is 11.7 Å². The number of carbonyl (C=O) groups excluding carboxylic acids is 1. The lowest BCUT2D eigenvalue weighted by Crippen LogP contribution is -2.37. The van der Waals surface area contributed by atoms with Crippen molar-refractivity contribution < 1.29 is 14.3 Å². The zero-order valence-corrected chi connectivity index (χ0v) is 11.5. The highest BCUT2D eigenvalue weighted by Gasteiger charge is 2.44. The number of hydrogen-bond acceptors (Lipinski definition) is 4. The normalized spacial score (nSPS) is 31.8. The standard InChI is InChI=1S/C13H24N2O3/c1-13(2,3)18-12(16)15-8-10-11(17-10)9-5-4-6-14-7-9/h9-11,14H,4-8H2,1-3H3,(H,15,16)/t9?,10-,11?/m0/s1. The predicted molar refractivity (Wildman–Crippen MR) is 68.5 cm³/mol. The topological polar surface area (TPSA) is 62.9 Å². The Bertz CT molecular complexity index is 295. The molecule has 0 aromatic carbocycles. The van der Waals surface area contributed by atoms with Crippen molar-refractivity contribution in [2.24, 2.45) is 5.92 Å². The second-order valence-corrected chi connectivity index (χ2v) is 6.13. The van der Waals surface area contributed by atoms with Crippen LogP contribution in [0, 0.1) is 5.92 Å². The first kappa shape index (κ1) is 13.6. The lowest BCUT2D eigenvalue weighted by molar-refractivity contribution is 0.0524. The van der Waals surface area contributed by atoms with Gasteiger partial charge in [0.25, 0.3) is 0 Å². The minimum absolute atomic E-state index is 0.169. The lowest BCUT2D eigenvalue weighted by atomic mass is 9.94. The molecule has 5 heteroatoms. The largest absolute Gasteiger partial charge is 0.444 e. The summed E-state index contributed by atoms with van der Waals surface area (Å²) in [7, 11) is 0. The SMILES string of the molecule is CC(C)(C)OC(=O)NC[C@@H]1OC1C1CCCNC1. The molecule has 5 nitrogen and oxygen atoms in total. The molecule has 2 N–H and O–H groups in total. The number of alkyl carbamates (subject to hydrolysis) is 1. The van der Waals surface area contributed by atoms with Crippen LogP contribution in [0.15, 0.2) is 0 Å². The van der Waals surface area contributed by atoms with Crippen LogP contribution >= 0.6 is 0 Å². The number of amides is 1. The molecule has 2 aliphatic rings. The number of epoxide rings is 1. The molecule has 2 unspecified atom stereocenters. The van der Waals surface area contributed by atoms with E-state index in [0.717, 1.165) is 13.1 Å². The molecule has 1 amide bonds. The molecule has 2 rings (SSSR count). The summed E-state index contributed by atoms with van der Waals surface area (Å²) in [5.41, 5.74) is -0.443. The summed E-state index contributed by atoms with van der Waals surface area (Å²) in [6.07, 6.45) is 2.56. The number of nitrogens with one attached hydrogen (secondary N) is 2. The van der Waals surface area contributed by atoms with E-state index in [0.29, 0.717) is 18.6 Å². The van der Waals surface area contributed by atoms with Gasteiger partial charge in [-0.15, -0.1) is 0 Å². The highest BCUT2D eigenvalue weighted by molar-refractivity contribution is 5.67. The van der Waals surface area contributed by atoms with Crippen LogP contribution in [0.25, 0.3) is 0 Å². The van der Waals surface area contributed by atoms with Crippen LogP contribution in [0.1, 0.15) is 33.6 Å². The Balaban J connectivity index is 1.63. The van der Waals surface area contributed by atoms with Crippen LogP contribution in [-0.2, 0) is 9.47 Å². The third-order valence-corrected chi connectivity index (χ3v) is 3.27. The zero-order valence-electron chi connectivity index (χ0n) is 11.5. The van der Waals surface area contributed by atoms with Crippen LogP contribution in [-0.4, -0.2) is 43.5 Å². The third kappa shape index (κ3) is 4.14. The molecule has 2 fully saturated rings. The van der Waals surface area contributed by atoms with Gasteiger partial charge in [-0.25, -0.2) is 4.79 Å². The molecule has 2 aliphatic heterocycles. The number of piperidine rings is 1. The summed E-state index contributed by atoms with van der Waals surface area (Å²) in [5, 5.41) is 6.14. The molecule has 0 aromatic heterocycles. The van der Waals surface area contributed by atoms with Gasteiger partial charge >= 0.3 is 6.09 Å². The Morgan fingerprint density at radius 1 is 1.50 bits per heavy atom. The highest BCUT2D eigenvalue weighted by atomic mass is 16.6. The molecular weight excluding hydrogens is 232 g/mol. The van der Waals surface area contributed by atoms with Crippen molar-refractivity contribution in [3.63, 3.8) is 0 Å². The van der Waals surface area contributed by atoms with Gasteiger partial charge in [0.05, 0.1) is 6.10 Å². The summed E-state index contributed by atoms with van der Waals surface area (Å²) in [4.78, 5) is 11.5. The molecule has 0 radical (unpaired) electrons. The van der Waals surface area contributed by atoms with Crippen LogP contribution < -0.4 is 10.6 Å². The molecule has 0 spiro atoms. The molecule has 18 heavy (non-hydrogen) atoms. The first-order valence-corrected chi connectivity index (χ1v) is 6.79. The maximum atomic E-state index is 11.5. The second kappa shape index (κ2) is 5.45. The maximum Gasteiger partial charge on any atom is 0.407 e. The van der Waals surface area contributed by atoms with E-state index in [4.69, 9.17) is 9.47 Å². The van der Waals surface area contributed by atoms with E-state index in [-0.39, 0.29) is 12.2 Å². The molecule has 0 saturated carbocycles. The Hall–Kier alpha value is -0.810. The quantitative estimate of drug-likeness (QED) is 0.747. The fourth-order valence-electron chi connectivity index (χ4n) is 2.39. The average Bonchev–Trinajstić information content (AvgIpc) is 3.05. The van der Waals surface area contributed by atoms with Crippen molar-refractivity contribution in [1.82, 2.24) is 10.6 Å². The van der Waals surface area contributed by atoms with Crippen molar-refractivity contribution in [3.05, 3.63) is 0 Å². The van der Waals surface area contributed by atoms with E-state index in [9.17, 15) is 4.79 Å². The van der Waals surface area contributed by atoms with Crippen LogP contribution in [0.3, 0.4) is 0 Å². The molecular formula is C13H24N2O3. The number of rotatable bonds is 3. The van der Waals surface area contributed by atoms with Gasteiger partial charge in [-0.2, -0.15) is 0 Å². The molecule has 0 aliphatic carbocycles. The minimum atomic E-state index is -0.443. The van der Waals surface area contributed by atoms with Gasteiger partial charge in [0, 0.05) is 19.0 Å². The van der Waals surface area contributed by atoms with E-state index in [2.05, 4.69) is 10.6 Å². The number of hydrogen-bond donors (Lipinski definition) is 2. The summed E-state index contributed by atoms with van der Waals surface area (Å²) < 4.78 is 10.8. The van der Waals surface area contributed by atoms with E-state index < -0.39 is 5.60 Å². The van der Waals surface area contributed by atoms with Crippen molar-refractivity contribution in [3.8, 4) is 0 Å². The summed E-state index contributed by atoms with van der Waals surface area (Å²) in [6.45, 7) is 8.28. The molecule has 2 heterocycles. The Morgan fingerprint density at radius 3 is 2.89 bits per heavy atom. The van der Waals surface area contributed by atoms with E-state index >= 15 is 0 Å². The van der Waals surface area contributed by atoms with Crippen molar-refractivity contribution in [2.75, 3.05) is 19.6 Å². The number of ether oxygens (including phenoxy) is 2. The van der Waals surface area contributed by atoms with Gasteiger partial charge in [0.15, 0.2) is 0 Å². The fourth-order valence-corrected chi connectivity index (χ4v) is 2.39. The monoisotopic (exact) mass is 256 g/mol. The molecule has 2 saturated heterocycles. The smallest absolute Gasteiger partial charge is 0.407 e. The molecule has 104 valence electrons. The van der Waals surface area contributed by atoms with E-state index in [1.807, 2.05) is 20.8 Å². The second-order valence-electron chi connectivity index (χ2n) is 6.13. The summed E-state index contributed by atoms with van der Waals surface area (Å²) >= 11 is 0. The molecule has 3 atom stereocenters. The lowest BCUT2D eigenvalue weighted by Gasteiger charge is -2.21. The highest BCUT2D eigenvalue weighted by Crippen LogP contribution is 2.32. The summed E-state index contributed by atoms with van der Waals surface area (Å²) in [5.74, 6) is 0.601. The van der Waals surface area contributed by atoms with E-state index in [1.54, 1.807) is 0 Å². The van der Waals surface area contributed by atoms with E-state index in [1.165, 1.54) is 12.8 Å². The first-order chi connectivity index (χ1) is 8.46. The van der Waals surface area contributed by atoms with Gasteiger partial charge in [-0.3, -0.25) is 0 Å². The Morgan fingerprint density at radius 2 is 2.28 bits per heavy atom. The summed E-state index contributed by atoms with van der Waals surface area (Å²) in [6, 6.07) is 0. The van der Waals surface area contributed by atoms with Crippen molar-refractivity contribution in [1.29, 1.82) is 0 Å². The minimum Gasteiger partial charge on any atom is -0.444 e. The third-order valence-electron chi connectivity index (χ3n) is 3.27. The van der Waals surface area contributed by atoms with Crippen molar-refractivity contribution in [2.45, 2.75) is 51.4 Å². The van der Waals surface area contributed by atoms with Gasteiger partial charge in [-0.1, -0.05) is 0 Å². The average molecular weight is 256 g/mol. The zero-order chi connectivity index (χ0) is 13.2. The predicted octanol–water partition coefficient (Wildman–Crippen LogP) is 1.28. The Labute approximate surface area is 109 Å². The van der Waals surface area contributed by atoms with Crippen LogP contribution in [0.4, 0.5) is 4.79 Å². The molecule has 0 bridgehead atoms. The van der Waals surface area contributed by atoms with Gasteiger partial charge < -0.3 is 20.1 Å². The first-order valence-electron chi connectivity index (χ1n) is 6.79. The van der Waals surface area contributed by atoms with Crippen LogP contribution in [0.5, 0.6) is 0 Å².